The van der Waals surface area contributed by atoms with Crippen LogP contribution in [0.4, 0.5) is 5.69 Å². The number of esters is 1. The average molecular weight is 441 g/mol. The Balaban J connectivity index is 1.50. The number of piperidine rings is 1. The second-order valence-electron chi connectivity index (χ2n) is 9.56. The molecule has 0 radical (unpaired) electrons. The summed E-state index contributed by atoms with van der Waals surface area (Å²) in [5, 5.41) is 5.52. The molecule has 1 aliphatic carbocycles. The molecule has 1 saturated carbocycles. The second-order valence-corrected chi connectivity index (χ2v) is 9.56. The number of imide groups is 2. The molecule has 2 aliphatic heterocycles. The standard InChI is InChI=1S/C23H27N3O6/c1-23(2,3)32-22(31)12-7-8-13(11-12)24-15-6-4-5-14-18(15)21(30)26(20(14)29)16-9-10-17(27)25-19(16)28/h4-6,12-13,16,24H,7-11H2,1-3H3,(H,25,27,28)/t12?,13-,16?/m1/s1. The van der Waals surface area contributed by atoms with Gasteiger partial charge in [0.15, 0.2) is 0 Å². The predicted molar refractivity (Wildman–Crippen MR) is 114 cm³/mol. The number of hydrogen-bond acceptors (Lipinski definition) is 7. The lowest BCUT2D eigenvalue weighted by molar-refractivity contribution is -0.159. The van der Waals surface area contributed by atoms with Gasteiger partial charge in [-0.2, -0.15) is 0 Å². The highest BCUT2D eigenvalue weighted by atomic mass is 16.6. The van der Waals surface area contributed by atoms with E-state index in [4.69, 9.17) is 4.74 Å². The summed E-state index contributed by atoms with van der Waals surface area (Å²) in [5.74, 6) is -2.59. The van der Waals surface area contributed by atoms with Gasteiger partial charge in [-0.25, -0.2) is 0 Å². The van der Waals surface area contributed by atoms with E-state index in [9.17, 15) is 24.0 Å². The summed E-state index contributed by atoms with van der Waals surface area (Å²) >= 11 is 0. The third kappa shape index (κ3) is 4.11. The van der Waals surface area contributed by atoms with Crippen LogP contribution in [-0.2, 0) is 19.1 Å². The van der Waals surface area contributed by atoms with Crippen LogP contribution in [0.25, 0.3) is 0 Å². The molecule has 3 aliphatic rings. The van der Waals surface area contributed by atoms with Crippen LogP contribution in [0, 0.1) is 5.92 Å². The van der Waals surface area contributed by atoms with Gasteiger partial charge in [0.05, 0.1) is 17.0 Å². The normalized spacial score (nSPS) is 25.6. The maximum Gasteiger partial charge on any atom is 0.309 e. The highest BCUT2D eigenvalue weighted by molar-refractivity contribution is 6.25. The van der Waals surface area contributed by atoms with E-state index in [2.05, 4.69) is 10.6 Å². The quantitative estimate of drug-likeness (QED) is 0.541. The van der Waals surface area contributed by atoms with E-state index in [0.29, 0.717) is 18.5 Å². The molecule has 9 heteroatoms. The predicted octanol–water partition coefficient (Wildman–Crippen LogP) is 2.01. The molecule has 2 heterocycles. The number of nitrogens with one attached hydrogen (secondary N) is 2. The fourth-order valence-electron chi connectivity index (χ4n) is 4.57. The first-order chi connectivity index (χ1) is 15.0. The zero-order chi connectivity index (χ0) is 23.2. The van der Waals surface area contributed by atoms with Gasteiger partial charge < -0.3 is 10.1 Å². The Morgan fingerprint density at radius 1 is 1.09 bits per heavy atom. The van der Waals surface area contributed by atoms with Crippen molar-refractivity contribution >= 4 is 35.3 Å². The topological polar surface area (TPSA) is 122 Å². The monoisotopic (exact) mass is 441 g/mol. The maximum absolute atomic E-state index is 13.2. The SMILES string of the molecule is CC(C)(C)OC(=O)C1CC[C@@H](Nc2cccc3c2C(=O)N(C2CCC(=O)NC2=O)C3=O)C1. The molecule has 3 atom stereocenters. The van der Waals surface area contributed by atoms with Crippen molar-refractivity contribution in [2.75, 3.05) is 5.32 Å². The molecule has 9 nitrogen and oxygen atoms in total. The molecule has 4 rings (SSSR count). The molecule has 1 aromatic rings. The van der Waals surface area contributed by atoms with Gasteiger partial charge in [-0.1, -0.05) is 6.07 Å². The molecule has 0 spiro atoms. The zero-order valence-corrected chi connectivity index (χ0v) is 18.4. The number of fused-ring (bicyclic) bond motifs is 1. The van der Waals surface area contributed by atoms with Crippen LogP contribution < -0.4 is 10.6 Å². The molecular weight excluding hydrogens is 414 g/mol. The van der Waals surface area contributed by atoms with Crippen molar-refractivity contribution in [3.05, 3.63) is 29.3 Å². The number of carbonyl (C=O) groups is 5. The van der Waals surface area contributed by atoms with E-state index in [0.717, 1.165) is 11.3 Å². The second kappa shape index (κ2) is 8.03. The Labute approximate surface area is 185 Å². The Morgan fingerprint density at radius 3 is 2.53 bits per heavy atom. The van der Waals surface area contributed by atoms with Gasteiger partial charge in [0.1, 0.15) is 11.6 Å². The summed E-state index contributed by atoms with van der Waals surface area (Å²) in [6.45, 7) is 5.50. The van der Waals surface area contributed by atoms with Crippen molar-refractivity contribution in [1.29, 1.82) is 0 Å². The van der Waals surface area contributed by atoms with Crippen LogP contribution in [0.1, 0.15) is 73.6 Å². The van der Waals surface area contributed by atoms with Gasteiger partial charge in [-0.3, -0.25) is 34.2 Å². The molecular formula is C23H27N3O6. The fraction of sp³-hybridized carbons (Fsp3) is 0.522. The molecule has 4 amide bonds. The molecule has 32 heavy (non-hydrogen) atoms. The highest BCUT2D eigenvalue weighted by Gasteiger charge is 2.46. The van der Waals surface area contributed by atoms with Crippen LogP contribution in [0.2, 0.25) is 0 Å². The molecule has 2 fully saturated rings. The first-order valence-electron chi connectivity index (χ1n) is 10.9. The van der Waals surface area contributed by atoms with Crippen LogP contribution in [0.5, 0.6) is 0 Å². The molecule has 1 aromatic carbocycles. The number of hydrogen-bond donors (Lipinski definition) is 2. The fourth-order valence-corrected chi connectivity index (χ4v) is 4.57. The smallest absolute Gasteiger partial charge is 0.309 e. The van der Waals surface area contributed by atoms with Gasteiger partial charge >= 0.3 is 5.97 Å². The molecule has 0 bridgehead atoms. The van der Waals surface area contributed by atoms with Gasteiger partial charge in [0, 0.05) is 18.2 Å². The average Bonchev–Trinajstić information content (AvgIpc) is 3.25. The molecule has 2 N–H and O–H groups in total. The largest absolute Gasteiger partial charge is 0.460 e. The van der Waals surface area contributed by atoms with Crippen molar-refractivity contribution in [3.8, 4) is 0 Å². The van der Waals surface area contributed by atoms with Gasteiger partial charge in [-0.15, -0.1) is 0 Å². The van der Waals surface area contributed by atoms with E-state index in [1.807, 2.05) is 20.8 Å². The molecule has 0 aromatic heterocycles. The Hall–Kier alpha value is -3.23. The highest BCUT2D eigenvalue weighted by Crippen LogP contribution is 2.35. The summed E-state index contributed by atoms with van der Waals surface area (Å²) in [7, 11) is 0. The first kappa shape index (κ1) is 22.0. The van der Waals surface area contributed by atoms with E-state index >= 15 is 0 Å². The number of benzene rings is 1. The van der Waals surface area contributed by atoms with Crippen LogP contribution in [-0.4, -0.2) is 52.2 Å². The first-order valence-corrected chi connectivity index (χ1v) is 10.9. The summed E-state index contributed by atoms with van der Waals surface area (Å²) < 4.78 is 5.49. The summed E-state index contributed by atoms with van der Waals surface area (Å²) in [5.41, 5.74) is 0.412. The van der Waals surface area contributed by atoms with E-state index in [-0.39, 0.29) is 41.9 Å². The number of amides is 4. The summed E-state index contributed by atoms with van der Waals surface area (Å²) in [4.78, 5) is 63.2. The van der Waals surface area contributed by atoms with Gasteiger partial charge in [0.2, 0.25) is 11.8 Å². The number of ether oxygens (including phenoxy) is 1. The minimum Gasteiger partial charge on any atom is -0.460 e. The molecule has 1 saturated heterocycles. The van der Waals surface area contributed by atoms with Gasteiger partial charge in [0.25, 0.3) is 11.8 Å². The Morgan fingerprint density at radius 2 is 1.84 bits per heavy atom. The Kier molecular flexibility index (Phi) is 5.52. The van der Waals surface area contributed by atoms with Crippen molar-refractivity contribution in [2.45, 2.75) is 70.6 Å². The van der Waals surface area contributed by atoms with Crippen molar-refractivity contribution in [2.24, 2.45) is 5.92 Å². The lowest BCUT2D eigenvalue weighted by Gasteiger charge is -2.28. The van der Waals surface area contributed by atoms with E-state index in [1.54, 1.807) is 18.2 Å². The minimum absolute atomic E-state index is 0.0495. The number of anilines is 1. The maximum atomic E-state index is 13.2. The molecule has 170 valence electrons. The summed E-state index contributed by atoms with van der Waals surface area (Å²) in [6, 6.07) is 3.91. The number of nitrogens with zero attached hydrogens (tertiary/aromatic N) is 1. The van der Waals surface area contributed by atoms with Crippen LogP contribution in [0.3, 0.4) is 0 Å². The number of rotatable bonds is 4. The van der Waals surface area contributed by atoms with Crippen LogP contribution >= 0.6 is 0 Å². The van der Waals surface area contributed by atoms with Crippen molar-refractivity contribution < 1.29 is 28.7 Å². The van der Waals surface area contributed by atoms with Gasteiger partial charge in [-0.05, 0) is 58.6 Å². The van der Waals surface area contributed by atoms with Crippen molar-refractivity contribution in [1.82, 2.24) is 10.2 Å². The third-order valence-electron chi connectivity index (χ3n) is 6.00. The molecule has 2 unspecified atom stereocenters. The third-order valence-corrected chi connectivity index (χ3v) is 6.00. The van der Waals surface area contributed by atoms with E-state index < -0.39 is 35.3 Å². The van der Waals surface area contributed by atoms with Crippen molar-refractivity contribution in [3.63, 3.8) is 0 Å². The minimum atomic E-state index is -1.00. The zero-order valence-electron chi connectivity index (χ0n) is 18.4. The number of carbonyl (C=O) groups excluding carboxylic acids is 5. The van der Waals surface area contributed by atoms with E-state index in [1.165, 1.54) is 0 Å². The Bertz CT molecular complexity index is 1010. The lowest BCUT2D eigenvalue weighted by Crippen LogP contribution is -2.54. The van der Waals surface area contributed by atoms with Crippen LogP contribution in [0.15, 0.2) is 18.2 Å². The lowest BCUT2D eigenvalue weighted by atomic mass is 10.0. The summed E-state index contributed by atoms with van der Waals surface area (Å²) in [6.07, 6.45) is 2.16.